The van der Waals surface area contributed by atoms with Gasteiger partial charge in [0.15, 0.2) is 0 Å². The van der Waals surface area contributed by atoms with Crippen LogP contribution in [-0.4, -0.2) is 28.4 Å². The highest BCUT2D eigenvalue weighted by molar-refractivity contribution is 5.80. The van der Waals surface area contributed by atoms with Crippen LogP contribution in [0.1, 0.15) is 63.1 Å². The van der Waals surface area contributed by atoms with Crippen LogP contribution in [0.5, 0.6) is 0 Å². The third kappa shape index (κ3) is 3.88. The third-order valence-corrected chi connectivity index (χ3v) is 5.77. The molecule has 0 bridgehead atoms. The molecule has 1 aliphatic carbocycles. The van der Waals surface area contributed by atoms with Gasteiger partial charge in [-0.3, -0.25) is 9.59 Å². The van der Waals surface area contributed by atoms with Crippen molar-refractivity contribution < 1.29 is 14.7 Å². The van der Waals surface area contributed by atoms with E-state index in [-0.39, 0.29) is 23.2 Å². The molecule has 2 aliphatic rings. The highest BCUT2D eigenvalue weighted by Gasteiger charge is 2.34. The van der Waals surface area contributed by atoms with Crippen molar-refractivity contribution in [3.05, 3.63) is 34.9 Å². The molecule has 136 valence electrons. The van der Waals surface area contributed by atoms with E-state index in [0.717, 1.165) is 25.8 Å². The van der Waals surface area contributed by atoms with Gasteiger partial charge in [0, 0.05) is 19.0 Å². The molecule has 1 aromatic rings. The Balaban J connectivity index is 1.73. The third-order valence-electron chi connectivity index (χ3n) is 5.77. The molecular formula is C21H29NO3. The number of fused-ring (bicyclic) bond motifs is 1. The van der Waals surface area contributed by atoms with Crippen LogP contribution in [0.4, 0.5) is 0 Å². The first-order valence-corrected chi connectivity index (χ1v) is 9.39. The molecule has 0 spiro atoms. The second-order valence-electron chi connectivity index (χ2n) is 8.64. The van der Waals surface area contributed by atoms with E-state index in [9.17, 15) is 14.7 Å². The Kier molecular flexibility index (Phi) is 4.90. The minimum atomic E-state index is -0.753. The fraction of sp³-hybridized carbons (Fsp3) is 0.619. The summed E-state index contributed by atoms with van der Waals surface area (Å²) in [5.41, 5.74) is 3.98. The summed E-state index contributed by atoms with van der Waals surface area (Å²) in [6.07, 6.45) is 3.76. The lowest BCUT2D eigenvalue weighted by atomic mass is 9.80. The van der Waals surface area contributed by atoms with Crippen molar-refractivity contribution >= 4 is 11.9 Å². The van der Waals surface area contributed by atoms with Crippen LogP contribution in [0.15, 0.2) is 18.2 Å². The Morgan fingerprint density at radius 3 is 2.52 bits per heavy atom. The molecule has 1 amide bonds. The number of benzene rings is 1. The quantitative estimate of drug-likeness (QED) is 0.889. The lowest BCUT2D eigenvalue weighted by Crippen LogP contribution is -2.41. The number of carboxylic acid groups (broad SMARTS) is 1. The molecule has 25 heavy (non-hydrogen) atoms. The van der Waals surface area contributed by atoms with Gasteiger partial charge in [0.05, 0.1) is 5.92 Å². The van der Waals surface area contributed by atoms with Crippen LogP contribution in [0.2, 0.25) is 0 Å². The molecule has 1 aromatic carbocycles. The lowest BCUT2D eigenvalue weighted by molar-refractivity contribution is -0.145. The molecule has 1 fully saturated rings. The topological polar surface area (TPSA) is 57.6 Å². The van der Waals surface area contributed by atoms with E-state index in [1.807, 2.05) is 4.90 Å². The molecule has 1 aliphatic heterocycles. The summed E-state index contributed by atoms with van der Waals surface area (Å²) in [4.78, 5) is 26.2. The van der Waals surface area contributed by atoms with Crippen molar-refractivity contribution in [1.82, 2.24) is 4.90 Å². The summed E-state index contributed by atoms with van der Waals surface area (Å²) in [5, 5.41) is 9.26. The predicted molar refractivity (Wildman–Crippen MR) is 97.3 cm³/mol. The number of hydrogen-bond acceptors (Lipinski definition) is 2. The van der Waals surface area contributed by atoms with Crippen molar-refractivity contribution in [3.8, 4) is 0 Å². The summed E-state index contributed by atoms with van der Waals surface area (Å²) in [7, 11) is 0. The number of hydrogen-bond donors (Lipinski definition) is 1. The number of carboxylic acids is 1. The Labute approximate surface area is 150 Å². The summed E-state index contributed by atoms with van der Waals surface area (Å²) in [6.45, 7) is 8.01. The first-order chi connectivity index (χ1) is 11.8. The average Bonchev–Trinajstić information content (AvgIpc) is 2.59. The van der Waals surface area contributed by atoms with Gasteiger partial charge in [-0.15, -0.1) is 0 Å². The van der Waals surface area contributed by atoms with Gasteiger partial charge in [0.1, 0.15) is 0 Å². The Bertz CT molecular complexity index is 674. The smallest absolute Gasteiger partial charge is 0.306 e. The number of carbonyl (C=O) groups excluding carboxylic acids is 1. The van der Waals surface area contributed by atoms with E-state index in [1.54, 1.807) is 0 Å². The van der Waals surface area contributed by atoms with Gasteiger partial charge in [-0.25, -0.2) is 0 Å². The second-order valence-corrected chi connectivity index (χ2v) is 8.64. The maximum absolute atomic E-state index is 12.9. The normalized spacial score (nSPS) is 23.9. The average molecular weight is 343 g/mol. The maximum atomic E-state index is 12.9. The Morgan fingerprint density at radius 1 is 1.12 bits per heavy atom. The number of amides is 1. The number of nitrogens with zero attached hydrogens (tertiary/aromatic N) is 1. The minimum absolute atomic E-state index is 0.0966. The standard InChI is InChI=1S/C21H29NO3/c1-21(2,3)18-8-7-14-9-10-22(13-17(14)12-18)19(23)15-5-4-6-16(11-15)20(24)25/h7-8,12,15-16H,4-6,9-11,13H2,1-3H3,(H,24,25). The first kappa shape index (κ1) is 18.0. The zero-order chi connectivity index (χ0) is 18.2. The molecule has 2 unspecified atom stereocenters. The Morgan fingerprint density at radius 2 is 1.84 bits per heavy atom. The van der Waals surface area contributed by atoms with Gasteiger partial charge in [-0.05, 0) is 47.8 Å². The van der Waals surface area contributed by atoms with Crippen molar-refractivity contribution in [2.45, 2.75) is 64.8 Å². The van der Waals surface area contributed by atoms with Gasteiger partial charge in [-0.1, -0.05) is 45.4 Å². The van der Waals surface area contributed by atoms with Crippen molar-refractivity contribution in [2.75, 3.05) is 6.54 Å². The van der Waals surface area contributed by atoms with Gasteiger partial charge in [0.25, 0.3) is 0 Å². The molecule has 1 saturated carbocycles. The van der Waals surface area contributed by atoms with Crippen molar-refractivity contribution in [1.29, 1.82) is 0 Å². The van der Waals surface area contributed by atoms with Gasteiger partial charge in [-0.2, -0.15) is 0 Å². The summed E-state index contributed by atoms with van der Waals surface area (Å²) >= 11 is 0. The minimum Gasteiger partial charge on any atom is -0.481 e. The van der Waals surface area contributed by atoms with E-state index in [0.29, 0.717) is 19.4 Å². The lowest BCUT2D eigenvalue weighted by Gasteiger charge is -2.35. The molecule has 0 saturated heterocycles. The molecule has 4 heteroatoms. The van der Waals surface area contributed by atoms with E-state index < -0.39 is 5.97 Å². The van der Waals surface area contributed by atoms with Crippen LogP contribution in [0.3, 0.4) is 0 Å². The fourth-order valence-corrected chi connectivity index (χ4v) is 4.11. The van der Waals surface area contributed by atoms with Crippen LogP contribution in [-0.2, 0) is 28.0 Å². The van der Waals surface area contributed by atoms with E-state index in [2.05, 4.69) is 39.0 Å². The van der Waals surface area contributed by atoms with E-state index >= 15 is 0 Å². The molecule has 1 N–H and O–H groups in total. The fourth-order valence-electron chi connectivity index (χ4n) is 4.11. The van der Waals surface area contributed by atoms with Crippen LogP contribution in [0, 0.1) is 11.8 Å². The molecule has 1 heterocycles. The molecule has 2 atom stereocenters. The SMILES string of the molecule is CC(C)(C)c1ccc2c(c1)CN(C(=O)C1CCCC(C(=O)O)C1)CC2. The summed E-state index contributed by atoms with van der Waals surface area (Å²) < 4.78 is 0. The second kappa shape index (κ2) is 6.81. The van der Waals surface area contributed by atoms with Crippen LogP contribution in [0.25, 0.3) is 0 Å². The molecular weight excluding hydrogens is 314 g/mol. The molecule has 0 radical (unpaired) electrons. The van der Waals surface area contributed by atoms with Gasteiger partial charge >= 0.3 is 5.97 Å². The highest BCUT2D eigenvalue weighted by atomic mass is 16.4. The summed E-state index contributed by atoms with van der Waals surface area (Å²) in [5.74, 6) is -1.08. The van der Waals surface area contributed by atoms with Gasteiger partial charge in [0.2, 0.25) is 5.91 Å². The van der Waals surface area contributed by atoms with Gasteiger partial charge < -0.3 is 10.0 Å². The van der Waals surface area contributed by atoms with Crippen molar-refractivity contribution in [3.63, 3.8) is 0 Å². The number of aliphatic carboxylic acids is 1. The van der Waals surface area contributed by atoms with E-state index in [1.165, 1.54) is 16.7 Å². The molecule has 0 aromatic heterocycles. The maximum Gasteiger partial charge on any atom is 0.306 e. The zero-order valence-corrected chi connectivity index (χ0v) is 15.5. The van der Waals surface area contributed by atoms with Crippen molar-refractivity contribution in [2.24, 2.45) is 11.8 Å². The number of rotatable bonds is 2. The first-order valence-electron chi connectivity index (χ1n) is 9.39. The van der Waals surface area contributed by atoms with Crippen LogP contribution < -0.4 is 0 Å². The monoisotopic (exact) mass is 343 g/mol. The molecule has 3 rings (SSSR count). The van der Waals surface area contributed by atoms with E-state index in [4.69, 9.17) is 0 Å². The van der Waals surface area contributed by atoms with Crippen LogP contribution >= 0.6 is 0 Å². The predicted octanol–water partition coefficient (Wildman–Crippen LogP) is 3.76. The zero-order valence-electron chi connectivity index (χ0n) is 15.5. The Hall–Kier alpha value is -1.84. The molecule has 4 nitrogen and oxygen atoms in total. The summed E-state index contributed by atoms with van der Waals surface area (Å²) in [6, 6.07) is 6.66. The number of carbonyl (C=O) groups is 2. The largest absolute Gasteiger partial charge is 0.481 e. The highest BCUT2D eigenvalue weighted by Crippen LogP contribution is 2.33.